The van der Waals surface area contributed by atoms with E-state index in [9.17, 15) is 0 Å². The molecule has 0 saturated carbocycles. The third kappa shape index (κ3) is 1.79. The Labute approximate surface area is 103 Å². The van der Waals surface area contributed by atoms with Gasteiger partial charge < -0.3 is 10.3 Å². The molecule has 0 aliphatic heterocycles. The molecule has 0 amide bonds. The zero-order chi connectivity index (χ0) is 12.5. The van der Waals surface area contributed by atoms with Gasteiger partial charge in [-0.2, -0.15) is 0 Å². The molecule has 92 valence electrons. The first kappa shape index (κ1) is 10.7. The van der Waals surface area contributed by atoms with E-state index < -0.39 is 0 Å². The highest BCUT2D eigenvalue weighted by molar-refractivity contribution is 5.61. The topological polar surface area (TPSA) is 83.8 Å². The van der Waals surface area contributed by atoms with Crippen LogP contribution in [0.4, 0.5) is 5.82 Å². The molecule has 0 fully saturated rings. The molecule has 2 N–H and O–H groups in total. The second kappa shape index (κ2) is 4.10. The van der Waals surface area contributed by atoms with Gasteiger partial charge in [0.25, 0.3) is 0 Å². The van der Waals surface area contributed by atoms with Crippen LogP contribution < -0.4 is 5.32 Å². The van der Waals surface area contributed by atoms with E-state index in [2.05, 4.69) is 30.5 Å². The molecule has 3 aromatic heterocycles. The smallest absolute Gasteiger partial charge is 0.203 e. The van der Waals surface area contributed by atoms with Crippen molar-refractivity contribution in [3.8, 4) is 0 Å². The standard InChI is InChI=1S/C11H13N7/c1-7-8(2)16-9(15-7)5-13-10-11-17-14-6-18(11)4-3-12-10/h3-4,6H,5H2,1-2H3,(H,12,13)(H,15,16). The fourth-order valence-electron chi connectivity index (χ4n) is 1.76. The lowest BCUT2D eigenvalue weighted by molar-refractivity contribution is 0.971. The van der Waals surface area contributed by atoms with E-state index >= 15 is 0 Å². The van der Waals surface area contributed by atoms with Crippen LogP contribution in [0.3, 0.4) is 0 Å². The minimum Gasteiger partial charge on any atom is -0.360 e. The van der Waals surface area contributed by atoms with E-state index in [-0.39, 0.29) is 0 Å². The first-order chi connectivity index (χ1) is 8.74. The Balaban J connectivity index is 1.82. The second-order valence-electron chi connectivity index (χ2n) is 4.09. The maximum absolute atomic E-state index is 4.40. The van der Waals surface area contributed by atoms with Crippen LogP contribution in [0.15, 0.2) is 18.7 Å². The van der Waals surface area contributed by atoms with Gasteiger partial charge in [-0.05, 0) is 13.8 Å². The van der Waals surface area contributed by atoms with E-state index in [1.807, 2.05) is 24.4 Å². The maximum atomic E-state index is 4.40. The predicted octanol–water partition coefficient (Wildman–Crippen LogP) is 1.08. The van der Waals surface area contributed by atoms with Crippen molar-refractivity contribution in [2.45, 2.75) is 20.4 Å². The largest absolute Gasteiger partial charge is 0.360 e. The number of anilines is 1. The Bertz CT molecular complexity index is 662. The van der Waals surface area contributed by atoms with Gasteiger partial charge in [-0.25, -0.2) is 9.97 Å². The summed E-state index contributed by atoms with van der Waals surface area (Å²) in [5, 5.41) is 11.1. The summed E-state index contributed by atoms with van der Waals surface area (Å²) in [6.45, 7) is 4.56. The quantitative estimate of drug-likeness (QED) is 0.719. The number of aromatic amines is 1. The number of hydrogen-bond donors (Lipinski definition) is 2. The van der Waals surface area contributed by atoms with Crippen LogP contribution in [-0.4, -0.2) is 29.5 Å². The summed E-state index contributed by atoms with van der Waals surface area (Å²) in [6, 6.07) is 0. The van der Waals surface area contributed by atoms with Crippen LogP contribution in [0.5, 0.6) is 0 Å². The fraction of sp³-hybridized carbons (Fsp3) is 0.273. The highest BCUT2D eigenvalue weighted by Crippen LogP contribution is 2.11. The molecular weight excluding hydrogens is 230 g/mol. The van der Waals surface area contributed by atoms with Crippen molar-refractivity contribution in [2.24, 2.45) is 0 Å². The van der Waals surface area contributed by atoms with Gasteiger partial charge in [0, 0.05) is 18.1 Å². The molecule has 3 rings (SSSR count). The normalized spacial score (nSPS) is 11.0. The number of aromatic nitrogens is 6. The lowest BCUT2D eigenvalue weighted by atomic mass is 10.4. The van der Waals surface area contributed by atoms with Crippen LogP contribution >= 0.6 is 0 Å². The van der Waals surface area contributed by atoms with Crippen molar-refractivity contribution in [1.82, 2.24) is 29.5 Å². The van der Waals surface area contributed by atoms with Crippen molar-refractivity contribution in [3.05, 3.63) is 35.9 Å². The zero-order valence-corrected chi connectivity index (χ0v) is 10.2. The van der Waals surface area contributed by atoms with Crippen LogP contribution in [0.1, 0.15) is 17.2 Å². The molecule has 0 spiro atoms. The van der Waals surface area contributed by atoms with Crippen LogP contribution in [-0.2, 0) is 6.54 Å². The van der Waals surface area contributed by atoms with E-state index in [0.29, 0.717) is 18.0 Å². The number of aryl methyl sites for hydroxylation is 2. The van der Waals surface area contributed by atoms with E-state index in [0.717, 1.165) is 17.2 Å². The van der Waals surface area contributed by atoms with Gasteiger partial charge in [0.1, 0.15) is 12.2 Å². The summed E-state index contributed by atoms with van der Waals surface area (Å²) < 4.78 is 1.81. The van der Waals surface area contributed by atoms with Crippen LogP contribution in [0.2, 0.25) is 0 Å². The van der Waals surface area contributed by atoms with Gasteiger partial charge in [0.05, 0.1) is 12.2 Å². The molecule has 0 radical (unpaired) electrons. The minimum absolute atomic E-state index is 0.578. The van der Waals surface area contributed by atoms with Gasteiger partial charge >= 0.3 is 0 Å². The predicted molar refractivity (Wildman–Crippen MR) is 66.2 cm³/mol. The van der Waals surface area contributed by atoms with E-state index in [4.69, 9.17) is 0 Å². The van der Waals surface area contributed by atoms with Crippen molar-refractivity contribution in [3.63, 3.8) is 0 Å². The van der Waals surface area contributed by atoms with Gasteiger partial charge in [-0.1, -0.05) is 0 Å². The van der Waals surface area contributed by atoms with Gasteiger partial charge in [0.15, 0.2) is 5.82 Å². The third-order valence-electron chi connectivity index (χ3n) is 2.82. The maximum Gasteiger partial charge on any atom is 0.203 e. The van der Waals surface area contributed by atoms with Gasteiger partial charge in [0.2, 0.25) is 5.65 Å². The van der Waals surface area contributed by atoms with Gasteiger partial charge in [-0.15, -0.1) is 10.2 Å². The molecule has 3 heterocycles. The van der Waals surface area contributed by atoms with Crippen molar-refractivity contribution in [2.75, 3.05) is 5.32 Å². The number of rotatable bonds is 3. The molecule has 0 saturated heterocycles. The highest BCUT2D eigenvalue weighted by atomic mass is 15.2. The first-order valence-electron chi connectivity index (χ1n) is 5.64. The average molecular weight is 243 g/mol. The average Bonchev–Trinajstić information content (AvgIpc) is 2.94. The van der Waals surface area contributed by atoms with Crippen molar-refractivity contribution in [1.29, 1.82) is 0 Å². The molecule has 0 aliphatic carbocycles. The molecule has 0 bridgehead atoms. The summed E-state index contributed by atoms with van der Waals surface area (Å²) in [6.07, 6.45) is 5.16. The second-order valence-corrected chi connectivity index (χ2v) is 4.09. The highest BCUT2D eigenvalue weighted by Gasteiger charge is 2.06. The van der Waals surface area contributed by atoms with Crippen LogP contribution in [0, 0.1) is 13.8 Å². The van der Waals surface area contributed by atoms with Crippen molar-refractivity contribution < 1.29 is 0 Å². The number of imidazole rings is 1. The number of hydrogen-bond acceptors (Lipinski definition) is 5. The Morgan fingerprint density at radius 2 is 2.28 bits per heavy atom. The van der Waals surface area contributed by atoms with Crippen molar-refractivity contribution >= 4 is 11.5 Å². The van der Waals surface area contributed by atoms with E-state index in [1.54, 1.807) is 12.5 Å². The summed E-state index contributed by atoms with van der Waals surface area (Å²) in [7, 11) is 0. The number of fused-ring (bicyclic) bond motifs is 1. The zero-order valence-electron chi connectivity index (χ0n) is 10.2. The fourth-order valence-corrected chi connectivity index (χ4v) is 1.76. The molecule has 0 aliphatic rings. The Kier molecular flexibility index (Phi) is 2.44. The molecule has 3 aromatic rings. The van der Waals surface area contributed by atoms with E-state index in [1.165, 1.54) is 0 Å². The SMILES string of the molecule is Cc1nc(CNc2nccn3cnnc23)[nH]c1C. The molecule has 0 unspecified atom stereocenters. The number of H-pyrrole nitrogens is 1. The number of nitrogens with zero attached hydrogens (tertiary/aromatic N) is 5. The third-order valence-corrected chi connectivity index (χ3v) is 2.82. The Morgan fingerprint density at radius 3 is 3.06 bits per heavy atom. The molecular formula is C11H13N7. The Morgan fingerprint density at radius 1 is 1.39 bits per heavy atom. The summed E-state index contributed by atoms with van der Waals surface area (Å²) in [5.74, 6) is 1.58. The molecule has 18 heavy (non-hydrogen) atoms. The monoisotopic (exact) mass is 243 g/mol. The number of nitrogens with one attached hydrogen (secondary N) is 2. The lowest BCUT2D eigenvalue weighted by Gasteiger charge is -2.03. The molecule has 7 nitrogen and oxygen atoms in total. The van der Waals surface area contributed by atoms with Gasteiger partial charge in [-0.3, -0.25) is 4.40 Å². The molecule has 0 aromatic carbocycles. The lowest BCUT2D eigenvalue weighted by Crippen LogP contribution is -2.05. The minimum atomic E-state index is 0.578. The summed E-state index contributed by atoms with van der Waals surface area (Å²) >= 11 is 0. The molecule has 7 heteroatoms. The summed E-state index contributed by atoms with van der Waals surface area (Å²) in [4.78, 5) is 11.9. The molecule has 0 atom stereocenters. The summed E-state index contributed by atoms with van der Waals surface area (Å²) in [5.41, 5.74) is 2.80. The van der Waals surface area contributed by atoms with Crippen LogP contribution in [0.25, 0.3) is 5.65 Å². The first-order valence-corrected chi connectivity index (χ1v) is 5.64. The Hall–Kier alpha value is -2.44.